The van der Waals surface area contributed by atoms with Gasteiger partial charge in [-0.15, -0.1) is 0 Å². The van der Waals surface area contributed by atoms with E-state index in [1.54, 1.807) is 0 Å². The van der Waals surface area contributed by atoms with Crippen molar-refractivity contribution in [2.24, 2.45) is 0 Å². The molecule has 2 aromatic carbocycles. The Balaban J connectivity index is 2.30. The smallest absolute Gasteiger partial charge is 0.137 e. The summed E-state index contributed by atoms with van der Waals surface area (Å²) in [5, 5.41) is 1.62. The molecule has 3 aromatic rings. The van der Waals surface area contributed by atoms with Gasteiger partial charge in [-0.25, -0.2) is 4.98 Å². The summed E-state index contributed by atoms with van der Waals surface area (Å²) in [6, 6.07) is 18.0. The molecule has 1 nitrogen and oxygen atoms in total. The van der Waals surface area contributed by atoms with Gasteiger partial charge in [0.25, 0.3) is 0 Å². The highest BCUT2D eigenvalue weighted by molar-refractivity contribution is 9.10. The fourth-order valence-electron chi connectivity index (χ4n) is 1.96. The van der Waals surface area contributed by atoms with Gasteiger partial charge in [0.2, 0.25) is 0 Å². The average Bonchev–Trinajstić information content (AvgIpc) is 2.39. The molecule has 0 unspecified atom stereocenters. The van der Waals surface area contributed by atoms with Gasteiger partial charge in [0.15, 0.2) is 0 Å². The van der Waals surface area contributed by atoms with Crippen molar-refractivity contribution in [2.75, 3.05) is 0 Å². The molecule has 0 saturated carbocycles. The Labute approximate surface area is 119 Å². The van der Waals surface area contributed by atoms with Crippen molar-refractivity contribution in [2.45, 2.75) is 0 Å². The molecule has 0 bridgehead atoms. The van der Waals surface area contributed by atoms with Gasteiger partial charge < -0.3 is 0 Å². The van der Waals surface area contributed by atoms with Gasteiger partial charge in [-0.2, -0.15) is 0 Å². The summed E-state index contributed by atoms with van der Waals surface area (Å²) >= 11 is 9.82. The minimum absolute atomic E-state index is 0.528. The highest BCUT2D eigenvalue weighted by Gasteiger charge is 2.09. The normalized spacial score (nSPS) is 10.8. The van der Waals surface area contributed by atoms with Crippen molar-refractivity contribution < 1.29 is 0 Å². The SMILES string of the molecule is Clc1nc2ccccc2cc1-c1ccccc1Br. The number of para-hydroxylation sites is 1. The van der Waals surface area contributed by atoms with E-state index in [1.165, 1.54) is 0 Å². The molecule has 0 amide bonds. The largest absolute Gasteiger partial charge is 0.235 e. The molecule has 1 heterocycles. The monoisotopic (exact) mass is 317 g/mol. The number of rotatable bonds is 1. The molecule has 0 aliphatic rings. The van der Waals surface area contributed by atoms with Crippen LogP contribution in [-0.4, -0.2) is 4.98 Å². The van der Waals surface area contributed by atoms with Crippen LogP contribution < -0.4 is 0 Å². The first-order valence-electron chi connectivity index (χ1n) is 5.56. The first-order valence-corrected chi connectivity index (χ1v) is 6.73. The summed E-state index contributed by atoms with van der Waals surface area (Å²) in [5.74, 6) is 0. The Bertz CT molecular complexity index is 725. The zero-order chi connectivity index (χ0) is 12.5. The summed E-state index contributed by atoms with van der Waals surface area (Å²) in [4.78, 5) is 4.44. The summed E-state index contributed by atoms with van der Waals surface area (Å²) in [7, 11) is 0. The van der Waals surface area contributed by atoms with Crippen LogP contribution in [0.2, 0.25) is 5.15 Å². The third-order valence-electron chi connectivity index (χ3n) is 2.84. The Morgan fingerprint density at radius 2 is 1.61 bits per heavy atom. The van der Waals surface area contributed by atoms with Crippen molar-refractivity contribution in [3.8, 4) is 11.1 Å². The Hall–Kier alpha value is -1.38. The van der Waals surface area contributed by atoms with Gasteiger partial charge in [0.05, 0.1) is 5.52 Å². The van der Waals surface area contributed by atoms with Crippen LogP contribution >= 0.6 is 27.5 Å². The number of halogens is 2. The third-order valence-corrected chi connectivity index (χ3v) is 3.82. The molecule has 0 N–H and O–H groups in total. The van der Waals surface area contributed by atoms with Crippen LogP contribution in [0.5, 0.6) is 0 Å². The number of benzene rings is 2. The number of nitrogens with zero attached hydrogens (tertiary/aromatic N) is 1. The molecule has 0 aliphatic carbocycles. The third kappa shape index (κ3) is 2.02. The molecule has 0 atom stereocenters. The summed E-state index contributed by atoms with van der Waals surface area (Å²) in [6.45, 7) is 0. The van der Waals surface area contributed by atoms with Crippen LogP contribution in [0.25, 0.3) is 22.0 Å². The Kier molecular flexibility index (Phi) is 3.06. The minimum atomic E-state index is 0.528. The lowest BCUT2D eigenvalue weighted by molar-refractivity contribution is 1.40. The van der Waals surface area contributed by atoms with Gasteiger partial charge in [0, 0.05) is 15.4 Å². The van der Waals surface area contributed by atoms with E-state index in [0.29, 0.717) is 5.15 Å². The molecular weight excluding hydrogens is 310 g/mol. The van der Waals surface area contributed by atoms with Gasteiger partial charge in [-0.1, -0.05) is 63.9 Å². The fourth-order valence-corrected chi connectivity index (χ4v) is 2.71. The van der Waals surface area contributed by atoms with Gasteiger partial charge >= 0.3 is 0 Å². The van der Waals surface area contributed by atoms with E-state index in [1.807, 2.05) is 48.5 Å². The number of pyridine rings is 1. The molecule has 3 heteroatoms. The molecule has 1 aromatic heterocycles. The van der Waals surface area contributed by atoms with E-state index in [0.717, 1.165) is 26.5 Å². The van der Waals surface area contributed by atoms with Crippen molar-refractivity contribution in [3.63, 3.8) is 0 Å². The fraction of sp³-hybridized carbons (Fsp3) is 0. The lowest BCUT2D eigenvalue weighted by atomic mass is 10.1. The molecule has 0 radical (unpaired) electrons. The molecule has 88 valence electrons. The molecule has 0 spiro atoms. The predicted molar refractivity (Wildman–Crippen MR) is 79.9 cm³/mol. The summed E-state index contributed by atoms with van der Waals surface area (Å²) in [6.07, 6.45) is 0. The maximum atomic E-state index is 6.28. The number of fused-ring (bicyclic) bond motifs is 1. The summed E-state index contributed by atoms with van der Waals surface area (Å²) < 4.78 is 1.02. The number of hydrogen-bond donors (Lipinski definition) is 0. The van der Waals surface area contributed by atoms with Crippen LogP contribution in [0.4, 0.5) is 0 Å². The molecule has 0 saturated heterocycles. The van der Waals surface area contributed by atoms with Crippen molar-refractivity contribution in [3.05, 3.63) is 64.2 Å². The van der Waals surface area contributed by atoms with Crippen LogP contribution in [0.15, 0.2) is 59.1 Å². The van der Waals surface area contributed by atoms with Crippen LogP contribution in [0.1, 0.15) is 0 Å². The van der Waals surface area contributed by atoms with Crippen LogP contribution in [0.3, 0.4) is 0 Å². The second-order valence-corrected chi connectivity index (χ2v) is 5.21. The molecule has 0 aliphatic heterocycles. The zero-order valence-corrected chi connectivity index (χ0v) is 11.7. The zero-order valence-electron chi connectivity index (χ0n) is 9.40. The van der Waals surface area contributed by atoms with Crippen LogP contribution in [0, 0.1) is 0 Å². The molecule has 18 heavy (non-hydrogen) atoms. The standard InChI is InChI=1S/C15H9BrClN/c16-13-7-3-2-6-11(13)12-9-10-5-1-4-8-14(10)18-15(12)17/h1-9H. The van der Waals surface area contributed by atoms with Gasteiger partial charge in [0.1, 0.15) is 5.15 Å². The van der Waals surface area contributed by atoms with Gasteiger partial charge in [-0.3, -0.25) is 0 Å². The second kappa shape index (κ2) is 4.71. The van der Waals surface area contributed by atoms with E-state index in [4.69, 9.17) is 11.6 Å². The Morgan fingerprint density at radius 1 is 0.889 bits per heavy atom. The van der Waals surface area contributed by atoms with Gasteiger partial charge in [-0.05, 0) is 23.8 Å². The predicted octanol–water partition coefficient (Wildman–Crippen LogP) is 5.32. The molecule has 3 rings (SSSR count). The molecular formula is C15H9BrClN. The van der Waals surface area contributed by atoms with Crippen molar-refractivity contribution in [1.82, 2.24) is 4.98 Å². The average molecular weight is 319 g/mol. The highest BCUT2D eigenvalue weighted by atomic mass is 79.9. The van der Waals surface area contributed by atoms with E-state index in [9.17, 15) is 0 Å². The number of hydrogen-bond acceptors (Lipinski definition) is 1. The van der Waals surface area contributed by atoms with E-state index in [-0.39, 0.29) is 0 Å². The van der Waals surface area contributed by atoms with Crippen LogP contribution in [-0.2, 0) is 0 Å². The van der Waals surface area contributed by atoms with Crippen molar-refractivity contribution in [1.29, 1.82) is 0 Å². The maximum Gasteiger partial charge on any atom is 0.137 e. The van der Waals surface area contributed by atoms with E-state index >= 15 is 0 Å². The minimum Gasteiger partial charge on any atom is -0.235 e. The van der Waals surface area contributed by atoms with E-state index < -0.39 is 0 Å². The number of aromatic nitrogens is 1. The first kappa shape index (κ1) is 11.7. The Morgan fingerprint density at radius 3 is 2.44 bits per heavy atom. The second-order valence-electron chi connectivity index (χ2n) is 4.00. The lowest BCUT2D eigenvalue weighted by Crippen LogP contribution is -1.86. The van der Waals surface area contributed by atoms with Crippen molar-refractivity contribution >= 4 is 38.4 Å². The lowest BCUT2D eigenvalue weighted by Gasteiger charge is -2.08. The summed E-state index contributed by atoms with van der Waals surface area (Å²) in [5.41, 5.74) is 2.92. The first-order chi connectivity index (χ1) is 8.75. The van der Waals surface area contributed by atoms with E-state index in [2.05, 4.69) is 27.0 Å². The maximum absolute atomic E-state index is 6.28. The quantitative estimate of drug-likeness (QED) is 0.553. The topological polar surface area (TPSA) is 12.9 Å². The highest BCUT2D eigenvalue weighted by Crippen LogP contribution is 2.34. The molecule has 0 fully saturated rings.